The lowest BCUT2D eigenvalue weighted by Crippen LogP contribution is -2.51. The number of hydrogen-bond acceptors (Lipinski definition) is 4. The Hall–Kier alpha value is -1.34. The van der Waals surface area contributed by atoms with Gasteiger partial charge in [0.1, 0.15) is 11.8 Å². The molecule has 1 aromatic heterocycles. The summed E-state index contributed by atoms with van der Waals surface area (Å²) in [5, 5.41) is 5.92. The minimum atomic E-state index is -0.891. The van der Waals surface area contributed by atoms with Gasteiger partial charge in [0.15, 0.2) is 0 Å². The SMILES string of the molecule is CCS(=O)C1CCCCC1NC(=O)NC(COC)c1ccco1. The highest BCUT2D eigenvalue weighted by Crippen LogP contribution is 2.23. The molecular weight excluding hydrogens is 316 g/mol. The van der Waals surface area contributed by atoms with Gasteiger partial charge in [-0.2, -0.15) is 0 Å². The number of carbonyl (C=O) groups excluding carboxylic acids is 1. The Morgan fingerprint density at radius 3 is 2.91 bits per heavy atom. The molecule has 7 heteroatoms. The lowest BCUT2D eigenvalue weighted by Gasteiger charge is -2.31. The van der Waals surface area contributed by atoms with Crippen molar-refractivity contribution in [3.63, 3.8) is 0 Å². The Morgan fingerprint density at radius 2 is 2.26 bits per heavy atom. The zero-order valence-corrected chi connectivity index (χ0v) is 14.6. The van der Waals surface area contributed by atoms with E-state index in [2.05, 4.69) is 10.6 Å². The first-order valence-corrected chi connectivity index (χ1v) is 9.50. The Balaban J connectivity index is 1.95. The highest BCUT2D eigenvalue weighted by atomic mass is 32.2. The van der Waals surface area contributed by atoms with Gasteiger partial charge in [-0.25, -0.2) is 4.79 Å². The summed E-state index contributed by atoms with van der Waals surface area (Å²) in [6, 6.07) is 2.94. The molecule has 0 spiro atoms. The monoisotopic (exact) mass is 342 g/mol. The molecule has 1 aromatic rings. The summed E-state index contributed by atoms with van der Waals surface area (Å²) in [7, 11) is 0.689. The first kappa shape index (κ1) is 18.0. The van der Waals surface area contributed by atoms with Crippen LogP contribution in [0.4, 0.5) is 4.79 Å². The van der Waals surface area contributed by atoms with Crippen LogP contribution in [0.15, 0.2) is 22.8 Å². The van der Waals surface area contributed by atoms with Crippen molar-refractivity contribution in [2.75, 3.05) is 19.5 Å². The standard InChI is InChI=1S/C16H26N2O4S/c1-3-23(20)15-9-5-4-7-12(15)17-16(19)18-13(11-21-2)14-8-6-10-22-14/h6,8,10,12-13,15H,3-5,7,9,11H2,1-2H3,(H2,17,18,19). The van der Waals surface area contributed by atoms with Gasteiger partial charge < -0.3 is 19.8 Å². The molecule has 1 aliphatic rings. The molecule has 0 aromatic carbocycles. The van der Waals surface area contributed by atoms with E-state index in [1.807, 2.05) is 6.92 Å². The van der Waals surface area contributed by atoms with Crippen LogP contribution >= 0.6 is 0 Å². The second kappa shape index (κ2) is 9.08. The molecule has 6 nitrogen and oxygen atoms in total. The zero-order chi connectivity index (χ0) is 16.7. The van der Waals surface area contributed by atoms with Crippen LogP contribution in [-0.4, -0.2) is 41.0 Å². The van der Waals surface area contributed by atoms with Gasteiger partial charge in [0.05, 0.1) is 18.1 Å². The average molecular weight is 342 g/mol. The third-order valence-corrected chi connectivity index (χ3v) is 5.98. The number of methoxy groups -OCH3 is 1. The highest BCUT2D eigenvalue weighted by Gasteiger charge is 2.30. The van der Waals surface area contributed by atoms with Gasteiger partial charge in [-0.3, -0.25) is 4.21 Å². The summed E-state index contributed by atoms with van der Waals surface area (Å²) in [5.41, 5.74) is 0. The molecule has 2 N–H and O–H groups in total. The molecule has 23 heavy (non-hydrogen) atoms. The molecule has 0 aliphatic heterocycles. The third-order valence-electron chi connectivity index (χ3n) is 4.17. The molecule has 1 fully saturated rings. The molecule has 1 aliphatic carbocycles. The number of rotatable bonds is 7. The topological polar surface area (TPSA) is 80.6 Å². The molecule has 4 unspecified atom stereocenters. The van der Waals surface area contributed by atoms with E-state index in [1.165, 1.54) is 0 Å². The number of furan rings is 1. The summed E-state index contributed by atoms with van der Waals surface area (Å²) < 4.78 is 22.7. The van der Waals surface area contributed by atoms with E-state index in [0.29, 0.717) is 18.1 Å². The Kier molecular flexibility index (Phi) is 7.11. The number of amides is 2. The minimum Gasteiger partial charge on any atom is -0.467 e. The van der Waals surface area contributed by atoms with Crippen LogP contribution in [0.5, 0.6) is 0 Å². The molecular formula is C16H26N2O4S. The van der Waals surface area contributed by atoms with Crippen LogP contribution in [-0.2, 0) is 15.5 Å². The highest BCUT2D eigenvalue weighted by molar-refractivity contribution is 7.85. The second-order valence-electron chi connectivity index (χ2n) is 5.74. The number of nitrogens with one attached hydrogen (secondary N) is 2. The Bertz CT molecular complexity index is 506. The van der Waals surface area contributed by atoms with E-state index in [4.69, 9.17) is 9.15 Å². The maximum absolute atomic E-state index is 12.3. The van der Waals surface area contributed by atoms with Crippen LogP contribution in [0, 0.1) is 0 Å². The quantitative estimate of drug-likeness (QED) is 0.797. The van der Waals surface area contributed by atoms with E-state index in [1.54, 1.807) is 25.5 Å². The van der Waals surface area contributed by atoms with E-state index in [0.717, 1.165) is 25.7 Å². The van der Waals surface area contributed by atoms with Crippen LogP contribution in [0.2, 0.25) is 0 Å². The number of urea groups is 1. The summed E-state index contributed by atoms with van der Waals surface area (Å²) >= 11 is 0. The molecule has 0 saturated heterocycles. The van der Waals surface area contributed by atoms with Crippen molar-refractivity contribution in [3.8, 4) is 0 Å². The smallest absolute Gasteiger partial charge is 0.315 e. The fourth-order valence-corrected chi connectivity index (χ4v) is 4.44. The van der Waals surface area contributed by atoms with E-state index >= 15 is 0 Å². The number of carbonyl (C=O) groups is 1. The van der Waals surface area contributed by atoms with Crippen LogP contribution < -0.4 is 10.6 Å². The van der Waals surface area contributed by atoms with Gasteiger partial charge >= 0.3 is 6.03 Å². The number of hydrogen-bond donors (Lipinski definition) is 2. The largest absolute Gasteiger partial charge is 0.467 e. The van der Waals surface area contributed by atoms with Crippen LogP contribution in [0.1, 0.15) is 44.4 Å². The van der Waals surface area contributed by atoms with Crippen molar-refractivity contribution in [2.45, 2.75) is 49.9 Å². The van der Waals surface area contributed by atoms with Gasteiger partial charge in [-0.1, -0.05) is 19.8 Å². The molecule has 0 radical (unpaired) electrons. The maximum Gasteiger partial charge on any atom is 0.315 e. The molecule has 4 atom stereocenters. The molecule has 130 valence electrons. The van der Waals surface area contributed by atoms with Crippen molar-refractivity contribution in [1.29, 1.82) is 0 Å². The van der Waals surface area contributed by atoms with Crippen molar-refractivity contribution in [1.82, 2.24) is 10.6 Å². The van der Waals surface area contributed by atoms with Gasteiger partial charge in [0, 0.05) is 29.7 Å². The van der Waals surface area contributed by atoms with Crippen LogP contribution in [0.3, 0.4) is 0 Å². The fraction of sp³-hybridized carbons (Fsp3) is 0.688. The van der Waals surface area contributed by atoms with E-state index in [-0.39, 0.29) is 23.4 Å². The van der Waals surface area contributed by atoms with Crippen LogP contribution in [0.25, 0.3) is 0 Å². The van der Waals surface area contributed by atoms with Crippen molar-refractivity contribution >= 4 is 16.8 Å². The van der Waals surface area contributed by atoms with Gasteiger partial charge in [0.2, 0.25) is 0 Å². The second-order valence-corrected chi connectivity index (χ2v) is 7.68. The predicted octanol–water partition coefficient (Wildman–Crippen LogP) is 2.35. The Morgan fingerprint density at radius 1 is 1.48 bits per heavy atom. The third kappa shape index (κ3) is 5.07. The molecule has 1 saturated carbocycles. The van der Waals surface area contributed by atoms with Crippen molar-refractivity contribution < 1.29 is 18.2 Å². The zero-order valence-electron chi connectivity index (χ0n) is 13.7. The van der Waals surface area contributed by atoms with E-state index < -0.39 is 10.8 Å². The lowest BCUT2D eigenvalue weighted by molar-refractivity contribution is 0.156. The van der Waals surface area contributed by atoms with Crippen molar-refractivity contribution in [2.24, 2.45) is 0 Å². The summed E-state index contributed by atoms with van der Waals surface area (Å²) in [4.78, 5) is 12.3. The lowest BCUT2D eigenvalue weighted by atomic mass is 9.95. The molecule has 2 amide bonds. The fourth-order valence-electron chi connectivity index (χ4n) is 3.01. The van der Waals surface area contributed by atoms with Gasteiger partial charge in [-0.15, -0.1) is 0 Å². The Labute approximate surface area is 139 Å². The molecule has 1 heterocycles. The first-order valence-electron chi connectivity index (χ1n) is 8.12. The summed E-state index contributed by atoms with van der Waals surface area (Å²) in [5.74, 6) is 1.28. The average Bonchev–Trinajstić information content (AvgIpc) is 3.08. The molecule has 2 rings (SSSR count). The summed E-state index contributed by atoms with van der Waals surface area (Å²) in [6.07, 6.45) is 5.49. The van der Waals surface area contributed by atoms with Gasteiger partial charge in [-0.05, 0) is 25.0 Å². The van der Waals surface area contributed by atoms with Crippen molar-refractivity contribution in [3.05, 3.63) is 24.2 Å². The molecule has 0 bridgehead atoms. The first-order chi connectivity index (χ1) is 11.2. The minimum absolute atomic E-state index is 0.0377. The maximum atomic E-state index is 12.3. The summed E-state index contributed by atoms with van der Waals surface area (Å²) in [6.45, 7) is 2.25. The predicted molar refractivity (Wildman–Crippen MR) is 89.7 cm³/mol. The normalized spacial score (nSPS) is 23.9. The number of ether oxygens (including phenoxy) is 1. The van der Waals surface area contributed by atoms with Gasteiger partial charge in [0.25, 0.3) is 0 Å². The van der Waals surface area contributed by atoms with E-state index in [9.17, 15) is 9.00 Å².